The van der Waals surface area contributed by atoms with Gasteiger partial charge in [-0.2, -0.15) is 0 Å². The molecule has 156 valence electrons. The van der Waals surface area contributed by atoms with E-state index in [1.165, 1.54) is 48.4 Å². The second kappa shape index (κ2) is 10.5. The third kappa shape index (κ3) is 6.65. The fraction of sp³-hybridized carbons (Fsp3) is 0.333. The lowest BCUT2D eigenvalue weighted by molar-refractivity contribution is -0.115. The van der Waals surface area contributed by atoms with Gasteiger partial charge in [-0.1, -0.05) is 24.0 Å². The lowest BCUT2D eigenvalue weighted by atomic mass is 10.3. The number of sulfonamides is 1. The minimum Gasteiger partial charge on any atom is -0.358 e. The van der Waals surface area contributed by atoms with Crippen molar-refractivity contribution in [2.24, 2.45) is 0 Å². The monoisotopic (exact) mass is 453 g/mol. The molecule has 11 heteroatoms. The molecule has 2 rings (SSSR count). The van der Waals surface area contributed by atoms with Crippen LogP contribution in [0.2, 0.25) is 0 Å². The van der Waals surface area contributed by atoms with Crippen molar-refractivity contribution < 1.29 is 13.2 Å². The molecule has 1 aromatic carbocycles. The van der Waals surface area contributed by atoms with Gasteiger partial charge in [0.15, 0.2) is 0 Å². The zero-order valence-corrected chi connectivity index (χ0v) is 18.8. The average molecular weight is 454 g/mol. The van der Waals surface area contributed by atoms with Gasteiger partial charge in [-0.15, -0.1) is 0 Å². The smallest absolute Gasteiger partial charge is 0.264 e. The molecule has 1 heterocycles. The van der Waals surface area contributed by atoms with E-state index in [0.717, 1.165) is 13.1 Å². The van der Waals surface area contributed by atoms with Crippen molar-refractivity contribution in [3.05, 3.63) is 42.7 Å². The summed E-state index contributed by atoms with van der Waals surface area (Å²) in [6.07, 6.45) is 2.88. The highest BCUT2D eigenvalue weighted by Gasteiger charge is 2.19. The summed E-state index contributed by atoms with van der Waals surface area (Å²) in [5.41, 5.74) is 0.492. The van der Waals surface area contributed by atoms with Crippen LogP contribution in [0.25, 0.3) is 0 Å². The first-order chi connectivity index (χ1) is 13.8. The molecule has 0 fully saturated rings. The van der Waals surface area contributed by atoms with Crippen molar-refractivity contribution in [1.29, 1.82) is 0 Å². The Hall–Kier alpha value is -2.24. The molecule has 0 saturated carbocycles. The number of nitrogens with one attached hydrogen (secondary N) is 2. The van der Waals surface area contributed by atoms with Crippen LogP contribution in [0.5, 0.6) is 0 Å². The Balaban J connectivity index is 1.99. The normalized spacial score (nSPS) is 12.1. The molecule has 29 heavy (non-hydrogen) atoms. The summed E-state index contributed by atoms with van der Waals surface area (Å²) in [7, 11) is -3.82. The van der Waals surface area contributed by atoms with Crippen LogP contribution in [-0.4, -0.2) is 51.9 Å². The Kier molecular flexibility index (Phi) is 8.35. The van der Waals surface area contributed by atoms with Crippen LogP contribution < -0.4 is 10.0 Å². The Morgan fingerprint density at radius 2 is 1.76 bits per heavy atom. The molecule has 0 saturated heterocycles. The van der Waals surface area contributed by atoms with E-state index in [0.29, 0.717) is 10.0 Å². The van der Waals surface area contributed by atoms with E-state index in [2.05, 4.69) is 20.0 Å². The maximum Gasteiger partial charge on any atom is 0.264 e. The van der Waals surface area contributed by atoms with Gasteiger partial charge >= 0.3 is 0 Å². The zero-order chi connectivity index (χ0) is 21.4. The summed E-state index contributed by atoms with van der Waals surface area (Å²) < 4.78 is 27.7. The standard InChI is InChI=1S/C18H23N5O3S3/c1-4-23(5-2)18(27)28-13(3)16(24)21-14-7-9-15(10-8-14)29(25,26)22-17-19-11-6-12-20-17/h6-13H,4-5H2,1-3H3,(H,21,24)(H,19,20,22)/t13-/m1/s1. The summed E-state index contributed by atoms with van der Waals surface area (Å²) in [4.78, 5) is 22.1. The van der Waals surface area contributed by atoms with Gasteiger partial charge in [-0.05, 0) is 51.1 Å². The summed E-state index contributed by atoms with van der Waals surface area (Å²) in [6, 6.07) is 7.44. The van der Waals surface area contributed by atoms with E-state index in [9.17, 15) is 13.2 Å². The van der Waals surface area contributed by atoms with Gasteiger partial charge in [0, 0.05) is 31.2 Å². The van der Waals surface area contributed by atoms with Crippen LogP contribution in [0.1, 0.15) is 20.8 Å². The fourth-order valence-electron chi connectivity index (χ4n) is 2.25. The topological polar surface area (TPSA) is 104 Å². The fourth-order valence-corrected chi connectivity index (χ4v) is 4.78. The van der Waals surface area contributed by atoms with Gasteiger partial charge in [0.05, 0.1) is 10.1 Å². The number of aromatic nitrogens is 2. The van der Waals surface area contributed by atoms with E-state index in [-0.39, 0.29) is 22.0 Å². The number of thioether (sulfide) groups is 1. The highest BCUT2D eigenvalue weighted by Crippen LogP contribution is 2.20. The summed E-state index contributed by atoms with van der Waals surface area (Å²) in [6.45, 7) is 7.37. The summed E-state index contributed by atoms with van der Waals surface area (Å²) in [5, 5.41) is 2.39. The molecule has 8 nitrogen and oxygen atoms in total. The molecule has 0 radical (unpaired) electrons. The van der Waals surface area contributed by atoms with Gasteiger partial charge < -0.3 is 10.2 Å². The van der Waals surface area contributed by atoms with Crippen molar-refractivity contribution in [3.63, 3.8) is 0 Å². The van der Waals surface area contributed by atoms with Crippen LogP contribution in [-0.2, 0) is 14.8 Å². The third-order valence-corrected chi connectivity index (χ3v) is 6.81. The number of carbonyl (C=O) groups is 1. The number of thiocarbonyl (C=S) groups is 1. The Morgan fingerprint density at radius 1 is 1.17 bits per heavy atom. The van der Waals surface area contributed by atoms with E-state index >= 15 is 0 Å². The largest absolute Gasteiger partial charge is 0.358 e. The molecular weight excluding hydrogens is 430 g/mol. The van der Waals surface area contributed by atoms with Crippen LogP contribution >= 0.6 is 24.0 Å². The number of hydrogen-bond donors (Lipinski definition) is 2. The maximum absolute atomic E-state index is 12.4. The van der Waals surface area contributed by atoms with Crippen LogP contribution in [0, 0.1) is 0 Å². The number of carbonyl (C=O) groups excluding carboxylic acids is 1. The SMILES string of the molecule is CCN(CC)C(=S)S[C@H](C)C(=O)Nc1ccc(S(=O)(=O)Nc2ncccn2)cc1. The highest BCUT2D eigenvalue weighted by molar-refractivity contribution is 8.23. The molecule has 0 aliphatic rings. The van der Waals surface area contributed by atoms with Gasteiger partial charge in [0.1, 0.15) is 4.32 Å². The Morgan fingerprint density at radius 3 is 2.31 bits per heavy atom. The molecule has 0 aliphatic carbocycles. The van der Waals surface area contributed by atoms with Gasteiger partial charge in [-0.3, -0.25) is 4.79 Å². The number of benzene rings is 1. The quantitative estimate of drug-likeness (QED) is 0.588. The van der Waals surface area contributed by atoms with E-state index in [1.54, 1.807) is 13.0 Å². The molecule has 2 N–H and O–H groups in total. The number of anilines is 2. The Bertz CT molecular complexity index is 933. The summed E-state index contributed by atoms with van der Waals surface area (Å²) >= 11 is 6.69. The molecular formula is C18H23N5O3S3. The average Bonchev–Trinajstić information content (AvgIpc) is 2.69. The molecule has 1 atom stereocenters. The van der Waals surface area contributed by atoms with Crippen molar-refractivity contribution in [2.45, 2.75) is 30.9 Å². The highest BCUT2D eigenvalue weighted by atomic mass is 32.2. The molecule has 1 aromatic heterocycles. The number of rotatable bonds is 8. The number of amides is 1. The van der Waals surface area contributed by atoms with Crippen molar-refractivity contribution in [2.75, 3.05) is 23.1 Å². The minimum absolute atomic E-state index is 0.0140. The van der Waals surface area contributed by atoms with Crippen LogP contribution in [0.15, 0.2) is 47.6 Å². The van der Waals surface area contributed by atoms with Crippen LogP contribution in [0.3, 0.4) is 0 Å². The predicted octanol–water partition coefficient (Wildman–Crippen LogP) is 2.96. The molecule has 0 unspecified atom stereocenters. The lowest BCUT2D eigenvalue weighted by Gasteiger charge is -2.22. The maximum atomic E-state index is 12.4. The zero-order valence-electron chi connectivity index (χ0n) is 16.3. The minimum atomic E-state index is -3.82. The van der Waals surface area contributed by atoms with Gasteiger partial charge in [0.25, 0.3) is 10.0 Å². The van der Waals surface area contributed by atoms with Gasteiger partial charge in [0.2, 0.25) is 11.9 Å². The predicted molar refractivity (Wildman–Crippen MR) is 120 cm³/mol. The first-order valence-corrected chi connectivity index (χ1v) is 11.7. The second-order valence-electron chi connectivity index (χ2n) is 5.89. The summed E-state index contributed by atoms with van der Waals surface area (Å²) in [5.74, 6) is -0.226. The molecule has 0 aliphatic heterocycles. The first kappa shape index (κ1) is 23.0. The molecule has 0 spiro atoms. The first-order valence-electron chi connectivity index (χ1n) is 8.93. The molecule has 1 amide bonds. The van der Waals surface area contributed by atoms with Gasteiger partial charge in [-0.25, -0.2) is 23.1 Å². The Labute approximate surface area is 180 Å². The van der Waals surface area contributed by atoms with Crippen molar-refractivity contribution in [1.82, 2.24) is 14.9 Å². The van der Waals surface area contributed by atoms with Crippen molar-refractivity contribution >= 4 is 55.9 Å². The second-order valence-corrected chi connectivity index (χ2v) is 9.55. The van der Waals surface area contributed by atoms with E-state index in [1.807, 2.05) is 18.7 Å². The lowest BCUT2D eigenvalue weighted by Crippen LogP contribution is -2.31. The molecule has 2 aromatic rings. The third-order valence-electron chi connectivity index (χ3n) is 3.89. The number of nitrogens with zero attached hydrogens (tertiary/aromatic N) is 3. The van der Waals surface area contributed by atoms with Crippen molar-refractivity contribution in [3.8, 4) is 0 Å². The van der Waals surface area contributed by atoms with E-state index in [4.69, 9.17) is 12.2 Å². The van der Waals surface area contributed by atoms with Crippen LogP contribution in [0.4, 0.5) is 11.6 Å². The number of hydrogen-bond acceptors (Lipinski definition) is 7. The molecule has 0 bridgehead atoms. The van der Waals surface area contributed by atoms with E-state index < -0.39 is 10.0 Å².